The highest BCUT2D eigenvalue weighted by atomic mass is 19.1. The third-order valence-electron chi connectivity index (χ3n) is 3.32. The van der Waals surface area contributed by atoms with Crippen molar-refractivity contribution in [3.05, 3.63) is 66.0 Å². The SMILES string of the molecule is COC(=O)C[C@H](NC(=O)COc1ccc(F)cc1)c1ccccc1. The van der Waals surface area contributed by atoms with E-state index in [-0.39, 0.29) is 18.8 Å². The number of rotatable bonds is 7. The highest BCUT2D eigenvalue weighted by molar-refractivity contribution is 5.79. The minimum absolute atomic E-state index is 0.0167. The molecule has 2 aromatic rings. The molecule has 126 valence electrons. The summed E-state index contributed by atoms with van der Waals surface area (Å²) in [7, 11) is 1.30. The largest absolute Gasteiger partial charge is 0.484 e. The van der Waals surface area contributed by atoms with Gasteiger partial charge in [-0.25, -0.2) is 4.39 Å². The molecule has 0 heterocycles. The molecule has 5 nitrogen and oxygen atoms in total. The lowest BCUT2D eigenvalue weighted by molar-refractivity contribution is -0.141. The molecular formula is C18H18FNO4. The molecule has 24 heavy (non-hydrogen) atoms. The molecule has 0 saturated carbocycles. The molecule has 0 aliphatic heterocycles. The number of amides is 1. The van der Waals surface area contributed by atoms with E-state index < -0.39 is 17.9 Å². The zero-order valence-corrected chi connectivity index (χ0v) is 13.2. The number of nitrogens with one attached hydrogen (secondary N) is 1. The number of hydrogen-bond donors (Lipinski definition) is 1. The molecule has 0 aliphatic carbocycles. The van der Waals surface area contributed by atoms with Crippen molar-refractivity contribution in [2.45, 2.75) is 12.5 Å². The average molecular weight is 331 g/mol. The van der Waals surface area contributed by atoms with Crippen molar-refractivity contribution in [3.8, 4) is 5.75 Å². The van der Waals surface area contributed by atoms with Crippen molar-refractivity contribution in [1.82, 2.24) is 5.32 Å². The maximum Gasteiger partial charge on any atom is 0.307 e. The Balaban J connectivity index is 1.96. The van der Waals surface area contributed by atoms with Crippen LogP contribution < -0.4 is 10.1 Å². The summed E-state index contributed by atoms with van der Waals surface area (Å²) in [6.45, 7) is -0.240. The number of ether oxygens (including phenoxy) is 2. The summed E-state index contributed by atoms with van der Waals surface area (Å²) in [5, 5.41) is 2.74. The van der Waals surface area contributed by atoms with Crippen molar-refractivity contribution in [1.29, 1.82) is 0 Å². The maximum absolute atomic E-state index is 12.8. The van der Waals surface area contributed by atoms with Crippen LogP contribution in [0.3, 0.4) is 0 Å². The zero-order valence-electron chi connectivity index (χ0n) is 13.2. The van der Waals surface area contributed by atoms with Crippen LogP contribution in [0, 0.1) is 5.82 Å². The molecule has 0 bridgehead atoms. The second-order valence-electron chi connectivity index (χ2n) is 5.05. The predicted molar refractivity (Wildman–Crippen MR) is 85.9 cm³/mol. The number of benzene rings is 2. The third-order valence-corrected chi connectivity index (χ3v) is 3.32. The molecule has 2 aromatic carbocycles. The van der Waals surface area contributed by atoms with Crippen LogP contribution in [0.1, 0.15) is 18.0 Å². The van der Waals surface area contributed by atoms with Gasteiger partial charge in [0, 0.05) is 0 Å². The lowest BCUT2D eigenvalue weighted by atomic mass is 10.0. The molecule has 0 fully saturated rings. The van der Waals surface area contributed by atoms with E-state index in [0.29, 0.717) is 5.75 Å². The Morgan fingerprint density at radius 1 is 1.08 bits per heavy atom. The van der Waals surface area contributed by atoms with Crippen LogP contribution in [0.4, 0.5) is 4.39 Å². The first-order chi connectivity index (χ1) is 11.6. The smallest absolute Gasteiger partial charge is 0.307 e. The molecule has 0 aromatic heterocycles. The topological polar surface area (TPSA) is 64.6 Å². The molecule has 0 radical (unpaired) electrons. The van der Waals surface area contributed by atoms with Gasteiger partial charge in [0.1, 0.15) is 11.6 Å². The molecule has 0 spiro atoms. The first-order valence-electron chi connectivity index (χ1n) is 7.38. The Morgan fingerprint density at radius 3 is 2.38 bits per heavy atom. The van der Waals surface area contributed by atoms with E-state index in [1.807, 2.05) is 30.3 Å². The summed E-state index contributed by atoms with van der Waals surface area (Å²) in [4.78, 5) is 23.6. The lowest BCUT2D eigenvalue weighted by Crippen LogP contribution is -2.34. The van der Waals surface area contributed by atoms with E-state index in [0.717, 1.165) is 5.56 Å². The summed E-state index contributed by atoms with van der Waals surface area (Å²) >= 11 is 0. The summed E-state index contributed by atoms with van der Waals surface area (Å²) in [6, 6.07) is 14.0. The highest BCUT2D eigenvalue weighted by Gasteiger charge is 2.19. The fraction of sp³-hybridized carbons (Fsp3) is 0.222. The van der Waals surface area contributed by atoms with Gasteiger partial charge in [-0.1, -0.05) is 30.3 Å². The second kappa shape index (κ2) is 8.67. The first kappa shape index (κ1) is 17.5. The quantitative estimate of drug-likeness (QED) is 0.792. The van der Waals surface area contributed by atoms with Crippen LogP contribution in [-0.4, -0.2) is 25.6 Å². The van der Waals surface area contributed by atoms with Crippen molar-refractivity contribution >= 4 is 11.9 Å². The Kier molecular flexibility index (Phi) is 6.31. The number of halogens is 1. The van der Waals surface area contributed by atoms with Gasteiger partial charge >= 0.3 is 5.97 Å². The first-order valence-corrected chi connectivity index (χ1v) is 7.38. The Bertz CT molecular complexity index is 673. The number of hydrogen-bond acceptors (Lipinski definition) is 4. The van der Waals surface area contributed by atoms with Gasteiger partial charge in [-0.2, -0.15) is 0 Å². The van der Waals surface area contributed by atoms with Gasteiger partial charge in [-0.15, -0.1) is 0 Å². The summed E-state index contributed by atoms with van der Waals surface area (Å²) < 4.78 is 22.8. The number of carbonyl (C=O) groups excluding carboxylic acids is 2. The van der Waals surface area contributed by atoms with E-state index in [4.69, 9.17) is 4.74 Å². The monoisotopic (exact) mass is 331 g/mol. The predicted octanol–water partition coefficient (Wildman–Crippen LogP) is 2.63. The molecule has 0 saturated heterocycles. The van der Waals surface area contributed by atoms with Crippen molar-refractivity contribution in [2.75, 3.05) is 13.7 Å². The van der Waals surface area contributed by atoms with Gasteiger partial charge in [0.25, 0.3) is 5.91 Å². The van der Waals surface area contributed by atoms with E-state index in [2.05, 4.69) is 10.1 Å². The van der Waals surface area contributed by atoms with E-state index in [9.17, 15) is 14.0 Å². The van der Waals surface area contributed by atoms with Gasteiger partial charge in [-0.3, -0.25) is 9.59 Å². The van der Waals surface area contributed by atoms with Crippen molar-refractivity contribution < 1.29 is 23.5 Å². The Labute approximate surface area is 139 Å². The number of methoxy groups -OCH3 is 1. The van der Waals surface area contributed by atoms with Crippen LogP contribution in [-0.2, 0) is 14.3 Å². The highest BCUT2D eigenvalue weighted by Crippen LogP contribution is 2.17. The van der Waals surface area contributed by atoms with E-state index in [1.165, 1.54) is 31.4 Å². The lowest BCUT2D eigenvalue weighted by Gasteiger charge is -2.18. The minimum atomic E-state index is -0.511. The van der Waals surface area contributed by atoms with Crippen LogP contribution in [0.25, 0.3) is 0 Å². The molecule has 6 heteroatoms. The van der Waals surface area contributed by atoms with Crippen LogP contribution in [0.15, 0.2) is 54.6 Å². The van der Waals surface area contributed by atoms with Crippen LogP contribution >= 0.6 is 0 Å². The molecule has 2 rings (SSSR count). The second-order valence-corrected chi connectivity index (χ2v) is 5.05. The third kappa shape index (κ3) is 5.39. The fourth-order valence-corrected chi connectivity index (χ4v) is 2.10. The van der Waals surface area contributed by atoms with E-state index in [1.54, 1.807) is 0 Å². The average Bonchev–Trinajstić information content (AvgIpc) is 2.61. The maximum atomic E-state index is 12.8. The molecule has 0 unspecified atom stereocenters. The van der Waals surface area contributed by atoms with Crippen molar-refractivity contribution in [2.24, 2.45) is 0 Å². The molecule has 1 N–H and O–H groups in total. The summed E-state index contributed by atoms with van der Waals surface area (Å²) in [6.07, 6.45) is 0.0167. The summed E-state index contributed by atoms with van der Waals surface area (Å²) in [5.41, 5.74) is 0.790. The fourth-order valence-electron chi connectivity index (χ4n) is 2.10. The molecule has 0 aliphatic rings. The standard InChI is InChI=1S/C18H18FNO4/c1-23-18(22)11-16(13-5-3-2-4-6-13)20-17(21)12-24-15-9-7-14(19)8-10-15/h2-10,16H,11-12H2,1H3,(H,20,21)/t16-/m0/s1. The van der Waals surface area contributed by atoms with E-state index >= 15 is 0 Å². The van der Waals surface area contributed by atoms with Crippen LogP contribution in [0.2, 0.25) is 0 Å². The van der Waals surface area contributed by atoms with Gasteiger partial charge in [0.2, 0.25) is 0 Å². The molecule has 1 atom stereocenters. The Hall–Kier alpha value is -2.89. The Morgan fingerprint density at radius 2 is 1.75 bits per heavy atom. The minimum Gasteiger partial charge on any atom is -0.484 e. The summed E-state index contributed by atoms with van der Waals surface area (Å²) in [5.74, 6) is -0.814. The van der Waals surface area contributed by atoms with Gasteiger partial charge < -0.3 is 14.8 Å². The van der Waals surface area contributed by atoms with Gasteiger partial charge in [-0.05, 0) is 29.8 Å². The zero-order chi connectivity index (χ0) is 17.4. The van der Waals surface area contributed by atoms with Gasteiger partial charge in [0.15, 0.2) is 6.61 Å². The normalized spacial score (nSPS) is 11.4. The molecule has 1 amide bonds. The van der Waals surface area contributed by atoms with Crippen LogP contribution in [0.5, 0.6) is 5.75 Å². The number of carbonyl (C=O) groups is 2. The molecular weight excluding hydrogens is 313 g/mol. The number of esters is 1. The van der Waals surface area contributed by atoms with Crippen molar-refractivity contribution in [3.63, 3.8) is 0 Å². The van der Waals surface area contributed by atoms with Gasteiger partial charge in [0.05, 0.1) is 19.6 Å².